The number of hydrogen-bond acceptors (Lipinski definition) is 6. The van der Waals surface area contributed by atoms with Crippen LogP contribution in [0.4, 0.5) is 5.69 Å². The third-order valence-corrected chi connectivity index (χ3v) is 4.28. The van der Waals surface area contributed by atoms with Crippen molar-refractivity contribution in [2.24, 2.45) is 5.73 Å². The second-order valence-corrected chi connectivity index (χ2v) is 6.11. The number of nitrogens with zero attached hydrogens (tertiary/aromatic N) is 2. The van der Waals surface area contributed by atoms with Crippen LogP contribution in [0.1, 0.15) is 29.9 Å². The first kappa shape index (κ1) is 21.4. The number of nitrogens with one attached hydrogen (secondary N) is 1. The summed E-state index contributed by atoms with van der Waals surface area (Å²) in [6.07, 6.45) is 0.687. The minimum absolute atomic E-state index is 0. The van der Waals surface area contributed by atoms with Crippen molar-refractivity contribution in [1.29, 1.82) is 0 Å². The molecule has 3 aromatic rings. The Morgan fingerprint density at radius 1 is 1.29 bits per heavy atom. The molecule has 1 aromatic heterocycles. The number of benzene rings is 2. The van der Waals surface area contributed by atoms with Gasteiger partial charge in [-0.05, 0) is 30.7 Å². The second-order valence-electron chi connectivity index (χ2n) is 6.11. The molecule has 0 saturated carbocycles. The van der Waals surface area contributed by atoms with Crippen molar-refractivity contribution in [3.05, 3.63) is 59.4 Å². The van der Waals surface area contributed by atoms with Gasteiger partial charge in [-0.3, -0.25) is 4.79 Å². The Bertz CT molecular complexity index is 958. The lowest BCUT2D eigenvalue weighted by Crippen LogP contribution is -2.28. The summed E-state index contributed by atoms with van der Waals surface area (Å²) in [5, 5.41) is 6.79. The molecule has 0 saturated heterocycles. The maximum Gasteiger partial charge on any atom is 0.257 e. The molecule has 3 N–H and O–H groups in total. The maximum absolute atomic E-state index is 12.7. The molecule has 7 nitrogen and oxygen atoms in total. The lowest BCUT2D eigenvalue weighted by Gasteiger charge is -2.16. The molecule has 148 valence electrons. The lowest BCUT2D eigenvalue weighted by molar-refractivity contribution is -0.117. The highest BCUT2D eigenvalue weighted by Gasteiger charge is 2.20. The Balaban J connectivity index is 0.00000280. The number of carbonyl (C=O) groups excluding carboxylic acids is 1. The van der Waals surface area contributed by atoms with Crippen LogP contribution in [0.5, 0.6) is 5.75 Å². The molecular formula is C20H23ClN4O3. The van der Waals surface area contributed by atoms with Crippen molar-refractivity contribution in [3.8, 4) is 17.2 Å². The summed E-state index contributed by atoms with van der Waals surface area (Å²) in [6.45, 7) is 3.86. The highest BCUT2D eigenvalue weighted by molar-refractivity contribution is 5.96. The van der Waals surface area contributed by atoms with Crippen LogP contribution in [0.2, 0.25) is 0 Å². The zero-order chi connectivity index (χ0) is 19.4. The Morgan fingerprint density at radius 2 is 2.04 bits per heavy atom. The van der Waals surface area contributed by atoms with Gasteiger partial charge >= 0.3 is 0 Å². The van der Waals surface area contributed by atoms with Gasteiger partial charge in [0.05, 0.1) is 7.11 Å². The first-order valence-electron chi connectivity index (χ1n) is 8.66. The zero-order valence-corrected chi connectivity index (χ0v) is 16.7. The van der Waals surface area contributed by atoms with E-state index in [0.717, 1.165) is 11.1 Å². The summed E-state index contributed by atoms with van der Waals surface area (Å²) in [7, 11) is 1.55. The average molecular weight is 403 g/mol. The predicted molar refractivity (Wildman–Crippen MR) is 110 cm³/mol. The second kappa shape index (κ2) is 9.34. The van der Waals surface area contributed by atoms with E-state index < -0.39 is 6.04 Å². The fourth-order valence-corrected chi connectivity index (χ4v) is 2.68. The summed E-state index contributed by atoms with van der Waals surface area (Å²) < 4.78 is 10.6. The van der Waals surface area contributed by atoms with E-state index in [4.69, 9.17) is 15.0 Å². The van der Waals surface area contributed by atoms with E-state index in [0.29, 0.717) is 35.1 Å². The molecule has 1 atom stereocenters. The Hall–Kier alpha value is -2.90. The van der Waals surface area contributed by atoms with Crippen molar-refractivity contribution in [3.63, 3.8) is 0 Å². The maximum atomic E-state index is 12.7. The van der Waals surface area contributed by atoms with Crippen LogP contribution in [0, 0.1) is 6.92 Å². The van der Waals surface area contributed by atoms with Gasteiger partial charge in [-0.15, -0.1) is 12.4 Å². The molecule has 0 spiro atoms. The van der Waals surface area contributed by atoms with Crippen molar-refractivity contribution < 1.29 is 14.1 Å². The largest absolute Gasteiger partial charge is 0.496 e. The molecule has 8 heteroatoms. The van der Waals surface area contributed by atoms with E-state index in [1.54, 1.807) is 25.3 Å². The smallest absolute Gasteiger partial charge is 0.257 e. The fraction of sp³-hybridized carbons (Fsp3) is 0.250. The first-order chi connectivity index (χ1) is 13.0. The van der Waals surface area contributed by atoms with E-state index in [1.165, 1.54) is 0 Å². The van der Waals surface area contributed by atoms with Crippen LogP contribution in [0.25, 0.3) is 11.5 Å². The molecule has 28 heavy (non-hydrogen) atoms. The monoisotopic (exact) mass is 402 g/mol. The van der Waals surface area contributed by atoms with Crippen molar-refractivity contribution in [2.45, 2.75) is 26.3 Å². The van der Waals surface area contributed by atoms with Gasteiger partial charge in [0.15, 0.2) is 5.82 Å². The number of halogens is 1. The summed E-state index contributed by atoms with van der Waals surface area (Å²) in [5.41, 5.74) is 9.04. The van der Waals surface area contributed by atoms with Gasteiger partial charge in [0.25, 0.3) is 5.89 Å². The van der Waals surface area contributed by atoms with Gasteiger partial charge in [-0.2, -0.15) is 4.98 Å². The van der Waals surface area contributed by atoms with Gasteiger partial charge in [-0.1, -0.05) is 36.3 Å². The van der Waals surface area contributed by atoms with Crippen molar-refractivity contribution in [1.82, 2.24) is 10.1 Å². The molecule has 0 bridgehead atoms. The molecule has 0 fully saturated rings. The molecular weight excluding hydrogens is 380 g/mol. The van der Waals surface area contributed by atoms with E-state index in [9.17, 15) is 4.79 Å². The highest BCUT2D eigenvalue weighted by atomic mass is 35.5. The Morgan fingerprint density at radius 3 is 2.71 bits per heavy atom. The van der Waals surface area contributed by atoms with Crippen LogP contribution >= 0.6 is 12.4 Å². The minimum Gasteiger partial charge on any atom is -0.496 e. The Kier molecular flexibility index (Phi) is 7.14. The van der Waals surface area contributed by atoms with E-state index in [1.807, 2.05) is 38.1 Å². The van der Waals surface area contributed by atoms with E-state index in [-0.39, 0.29) is 18.3 Å². The van der Waals surface area contributed by atoms with E-state index in [2.05, 4.69) is 15.5 Å². The normalized spacial score (nSPS) is 11.4. The molecule has 2 aromatic carbocycles. The van der Waals surface area contributed by atoms with Gasteiger partial charge < -0.3 is 20.3 Å². The van der Waals surface area contributed by atoms with Crippen LogP contribution < -0.4 is 15.8 Å². The lowest BCUT2D eigenvalue weighted by atomic mass is 10.0. The fourth-order valence-electron chi connectivity index (χ4n) is 2.68. The number of rotatable bonds is 6. The van der Waals surface area contributed by atoms with Crippen LogP contribution in [0.3, 0.4) is 0 Å². The number of para-hydroxylation sites is 1. The van der Waals surface area contributed by atoms with Gasteiger partial charge in [0.1, 0.15) is 11.8 Å². The molecule has 0 aliphatic carbocycles. The van der Waals surface area contributed by atoms with Gasteiger partial charge in [0, 0.05) is 23.2 Å². The number of hydrogen-bond donors (Lipinski definition) is 2. The molecule has 0 radical (unpaired) electrons. The van der Waals surface area contributed by atoms with Crippen LogP contribution in [-0.4, -0.2) is 23.2 Å². The number of methoxy groups -OCH3 is 1. The summed E-state index contributed by atoms with van der Waals surface area (Å²) in [5.74, 6) is 1.29. The van der Waals surface area contributed by atoms with Crippen LogP contribution in [-0.2, 0) is 11.2 Å². The SMILES string of the molecule is CCc1noc(-c2ccc(C)c(NC(=O)C(N)c3ccccc3OC)c2)n1.Cl. The quantitative estimate of drug-likeness (QED) is 0.651. The average Bonchev–Trinajstić information content (AvgIpc) is 3.18. The molecule has 0 aliphatic heterocycles. The number of aryl methyl sites for hydroxylation is 2. The van der Waals surface area contributed by atoms with Crippen LogP contribution in [0.15, 0.2) is 47.0 Å². The molecule has 1 heterocycles. The minimum atomic E-state index is -0.862. The zero-order valence-electron chi connectivity index (χ0n) is 15.9. The number of amides is 1. The predicted octanol–water partition coefficient (Wildman–Crippen LogP) is 3.68. The molecule has 0 aliphatic rings. The third kappa shape index (κ3) is 4.49. The molecule has 1 unspecified atom stereocenters. The number of ether oxygens (including phenoxy) is 1. The number of aromatic nitrogens is 2. The number of anilines is 1. The Labute approximate surface area is 169 Å². The number of carbonyl (C=O) groups is 1. The topological polar surface area (TPSA) is 103 Å². The number of nitrogens with two attached hydrogens (primary N) is 1. The van der Waals surface area contributed by atoms with Crippen molar-refractivity contribution in [2.75, 3.05) is 12.4 Å². The summed E-state index contributed by atoms with van der Waals surface area (Å²) >= 11 is 0. The standard InChI is InChI=1S/C20H22N4O3.ClH/c1-4-17-23-20(27-24-17)13-10-9-12(2)15(11-13)22-19(25)18(21)14-7-5-6-8-16(14)26-3;/h5-11,18H,4,21H2,1-3H3,(H,22,25);1H. The van der Waals surface area contributed by atoms with Gasteiger partial charge in [-0.25, -0.2) is 0 Å². The summed E-state index contributed by atoms with van der Waals surface area (Å²) in [4.78, 5) is 17.0. The van der Waals surface area contributed by atoms with Crippen molar-refractivity contribution >= 4 is 24.0 Å². The van der Waals surface area contributed by atoms with Gasteiger partial charge in [0.2, 0.25) is 5.91 Å². The third-order valence-electron chi connectivity index (χ3n) is 4.28. The highest BCUT2D eigenvalue weighted by Crippen LogP contribution is 2.27. The van der Waals surface area contributed by atoms with E-state index >= 15 is 0 Å². The first-order valence-corrected chi connectivity index (χ1v) is 8.66. The summed E-state index contributed by atoms with van der Waals surface area (Å²) in [6, 6.07) is 11.9. The molecule has 1 amide bonds. The molecule has 3 rings (SSSR count).